The van der Waals surface area contributed by atoms with Crippen molar-refractivity contribution in [3.05, 3.63) is 63.3 Å². The summed E-state index contributed by atoms with van der Waals surface area (Å²) in [6, 6.07) is 9.26. The Morgan fingerprint density at radius 1 is 1.16 bits per heavy atom. The molecule has 31 heavy (non-hydrogen) atoms. The van der Waals surface area contributed by atoms with Crippen LogP contribution in [0.25, 0.3) is 6.08 Å². The van der Waals surface area contributed by atoms with Gasteiger partial charge in [-0.2, -0.15) is 0 Å². The maximum Gasteiger partial charge on any atom is 0.293 e. The first-order chi connectivity index (χ1) is 14.8. The number of halogens is 2. The topological polar surface area (TPSA) is 55.8 Å². The van der Waals surface area contributed by atoms with Crippen LogP contribution in [0.5, 0.6) is 11.5 Å². The molecule has 2 amide bonds. The normalized spacial score (nSPS) is 16.2. The lowest BCUT2D eigenvalue weighted by atomic mass is 10.1. The molecule has 1 aliphatic heterocycles. The average Bonchev–Trinajstić information content (AvgIpc) is 2.99. The Balaban J connectivity index is 1.82. The third kappa shape index (κ3) is 5.60. The van der Waals surface area contributed by atoms with Crippen molar-refractivity contribution in [2.45, 2.75) is 39.8 Å². The zero-order chi connectivity index (χ0) is 22.5. The van der Waals surface area contributed by atoms with Crippen molar-refractivity contribution in [3.63, 3.8) is 0 Å². The third-order valence-corrected chi connectivity index (χ3v) is 5.94. The van der Waals surface area contributed by atoms with Crippen molar-refractivity contribution in [1.29, 1.82) is 0 Å². The summed E-state index contributed by atoms with van der Waals surface area (Å²) in [5.74, 6) is 0.309. The molecule has 0 saturated carbocycles. The van der Waals surface area contributed by atoms with E-state index in [2.05, 4.69) is 0 Å². The van der Waals surface area contributed by atoms with E-state index in [1.165, 1.54) is 12.1 Å². The molecule has 0 bridgehead atoms. The summed E-state index contributed by atoms with van der Waals surface area (Å²) < 4.78 is 24.8. The van der Waals surface area contributed by atoms with Crippen LogP contribution in [0.4, 0.5) is 9.18 Å². The number of imide groups is 1. The van der Waals surface area contributed by atoms with Crippen molar-refractivity contribution in [2.75, 3.05) is 6.61 Å². The fourth-order valence-corrected chi connectivity index (χ4v) is 3.95. The highest BCUT2D eigenvalue weighted by Gasteiger charge is 2.35. The Labute approximate surface area is 190 Å². The maximum absolute atomic E-state index is 13.3. The predicted octanol–water partition coefficient (Wildman–Crippen LogP) is 6.29. The third-order valence-electron chi connectivity index (χ3n) is 4.69. The molecule has 0 spiro atoms. The van der Waals surface area contributed by atoms with Gasteiger partial charge in [0.1, 0.15) is 5.82 Å². The summed E-state index contributed by atoms with van der Waals surface area (Å²) in [7, 11) is 0. The van der Waals surface area contributed by atoms with Gasteiger partial charge in [0.25, 0.3) is 11.1 Å². The molecule has 8 heteroatoms. The highest BCUT2D eigenvalue weighted by Crippen LogP contribution is 2.36. The molecule has 5 nitrogen and oxygen atoms in total. The molecular weight excluding hydrogens is 441 g/mol. The minimum absolute atomic E-state index is 0.0208. The second kappa shape index (κ2) is 10.2. The Morgan fingerprint density at radius 2 is 1.94 bits per heavy atom. The smallest absolute Gasteiger partial charge is 0.293 e. The molecule has 0 radical (unpaired) electrons. The Bertz CT molecular complexity index is 1030. The Kier molecular flexibility index (Phi) is 7.62. The molecule has 1 aliphatic rings. The molecule has 1 saturated heterocycles. The number of amides is 2. The first-order valence-electron chi connectivity index (χ1n) is 9.95. The van der Waals surface area contributed by atoms with Crippen LogP contribution in [0.15, 0.2) is 41.3 Å². The number of ether oxygens (including phenoxy) is 2. The van der Waals surface area contributed by atoms with Gasteiger partial charge >= 0.3 is 0 Å². The molecule has 0 aromatic heterocycles. The van der Waals surface area contributed by atoms with E-state index in [4.69, 9.17) is 21.1 Å². The monoisotopic (exact) mass is 463 g/mol. The van der Waals surface area contributed by atoms with E-state index < -0.39 is 17.0 Å². The van der Waals surface area contributed by atoms with E-state index >= 15 is 0 Å². The van der Waals surface area contributed by atoms with E-state index in [0.717, 1.165) is 29.1 Å². The van der Waals surface area contributed by atoms with E-state index in [0.29, 0.717) is 34.1 Å². The first kappa shape index (κ1) is 23.2. The average molecular weight is 464 g/mol. The van der Waals surface area contributed by atoms with Crippen molar-refractivity contribution in [2.24, 2.45) is 0 Å². The van der Waals surface area contributed by atoms with Crippen LogP contribution >= 0.6 is 23.4 Å². The summed E-state index contributed by atoms with van der Waals surface area (Å²) in [6.07, 6.45) is 2.55. The van der Waals surface area contributed by atoms with Crippen LogP contribution in [0.3, 0.4) is 0 Å². The molecule has 3 rings (SSSR count). The number of rotatable bonds is 8. The SMILES string of the molecule is CCOc1cc(/C=C2\SC(=O)N(Cc3ccc(F)cc3Cl)C2=O)ccc1OC(C)CC. The molecule has 1 atom stereocenters. The number of carbonyl (C=O) groups is 2. The fraction of sp³-hybridized carbons (Fsp3) is 0.304. The van der Waals surface area contributed by atoms with E-state index in [9.17, 15) is 14.0 Å². The zero-order valence-electron chi connectivity index (χ0n) is 17.5. The van der Waals surface area contributed by atoms with E-state index in [1.54, 1.807) is 18.2 Å². The lowest BCUT2D eigenvalue weighted by Gasteiger charge is -2.16. The second-order valence-corrected chi connectivity index (χ2v) is 8.38. The standard InChI is InChI=1S/C23H23ClFNO4S/c1-4-14(3)30-19-9-6-15(10-20(19)29-5-2)11-21-22(27)26(23(28)31-21)13-16-7-8-17(25)12-18(16)24/h6-12,14H,4-5,13H2,1-3H3/b21-11-. The van der Waals surface area contributed by atoms with Gasteiger partial charge in [-0.15, -0.1) is 0 Å². The molecular formula is C23H23ClFNO4S. The van der Waals surface area contributed by atoms with Crippen LogP contribution in [0.2, 0.25) is 5.02 Å². The lowest BCUT2D eigenvalue weighted by Crippen LogP contribution is -2.27. The van der Waals surface area contributed by atoms with Crippen LogP contribution in [0, 0.1) is 5.82 Å². The summed E-state index contributed by atoms with van der Waals surface area (Å²) >= 11 is 6.89. The number of benzene rings is 2. The number of carbonyl (C=O) groups excluding carboxylic acids is 2. The zero-order valence-corrected chi connectivity index (χ0v) is 19.1. The largest absolute Gasteiger partial charge is 0.490 e. The van der Waals surface area contributed by atoms with Gasteiger partial charge in [0, 0.05) is 5.02 Å². The van der Waals surface area contributed by atoms with Gasteiger partial charge in [-0.1, -0.05) is 30.7 Å². The van der Waals surface area contributed by atoms with Crippen LogP contribution in [-0.2, 0) is 11.3 Å². The molecule has 1 fully saturated rings. The minimum atomic E-state index is -0.478. The number of hydrogen-bond donors (Lipinski definition) is 0. The quantitative estimate of drug-likeness (QED) is 0.430. The van der Waals surface area contributed by atoms with Gasteiger partial charge in [0.05, 0.1) is 24.2 Å². The van der Waals surface area contributed by atoms with Crippen LogP contribution in [-0.4, -0.2) is 28.8 Å². The lowest BCUT2D eigenvalue weighted by molar-refractivity contribution is -0.123. The highest BCUT2D eigenvalue weighted by atomic mass is 35.5. The van der Waals surface area contributed by atoms with E-state index in [-0.39, 0.29) is 17.7 Å². The molecule has 0 aliphatic carbocycles. The van der Waals surface area contributed by atoms with Crippen molar-refractivity contribution in [3.8, 4) is 11.5 Å². The Hall–Kier alpha value is -2.51. The van der Waals surface area contributed by atoms with Gasteiger partial charge in [-0.3, -0.25) is 14.5 Å². The van der Waals surface area contributed by atoms with E-state index in [1.807, 2.05) is 26.8 Å². The number of nitrogens with zero attached hydrogens (tertiary/aromatic N) is 1. The second-order valence-electron chi connectivity index (χ2n) is 6.98. The van der Waals surface area contributed by atoms with Gasteiger partial charge in [0.15, 0.2) is 11.5 Å². The summed E-state index contributed by atoms with van der Waals surface area (Å²) in [5, 5.41) is -0.236. The molecule has 0 N–H and O–H groups in total. The minimum Gasteiger partial charge on any atom is -0.490 e. The summed E-state index contributed by atoms with van der Waals surface area (Å²) in [4.78, 5) is 26.6. The fourth-order valence-electron chi connectivity index (χ4n) is 2.89. The van der Waals surface area contributed by atoms with Crippen LogP contribution < -0.4 is 9.47 Å². The van der Waals surface area contributed by atoms with Crippen molar-refractivity contribution >= 4 is 40.6 Å². The Morgan fingerprint density at radius 3 is 2.61 bits per heavy atom. The first-order valence-corrected chi connectivity index (χ1v) is 11.1. The summed E-state index contributed by atoms with van der Waals surface area (Å²) in [6.45, 7) is 6.34. The van der Waals surface area contributed by atoms with Crippen molar-refractivity contribution < 1.29 is 23.5 Å². The molecule has 1 unspecified atom stereocenters. The van der Waals surface area contributed by atoms with Gasteiger partial charge < -0.3 is 9.47 Å². The van der Waals surface area contributed by atoms with Crippen molar-refractivity contribution in [1.82, 2.24) is 4.90 Å². The number of thioether (sulfide) groups is 1. The molecule has 1 heterocycles. The van der Waals surface area contributed by atoms with Crippen LogP contribution in [0.1, 0.15) is 38.3 Å². The maximum atomic E-state index is 13.3. The highest BCUT2D eigenvalue weighted by molar-refractivity contribution is 8.18. The summed E-state index contributed by atoms with van der Waals surface area (Å²) in [5.41, 5.74) is 1.21. The van der Waals surface area contributed by atoms with Gasteiger partial charge in [-0.05, 0) is 73.5 Å². The molecule has 2 aromatic carbocycles. The molecule has 164 valence electrons. The molecule has 2 aromatic rings. The van der Waals surface area contributed by atoms with Gasteiger partial charge in [-0.25, -0.2) is 4.39 Å². The predicted molar refractivity (Wildman–Crippen MR) is 121 cm³/mol. The van der Waals surface area contributed by atoms with Gasteiger partial charge in [0.2, 0.25) is 0 Å². The number of hydrogen-bond acceptors (Lipinski definition) is 5.